The molecule has 0 aliphatic heterocycles. The van der Waals surface area contributed by atoms with E-state index in [-0.39, 0.29) is 18.2 Å². The van der Waals surface area contributed by atoms with Crippen LogP contribution in [0.3, 0.4) is 0 Å². The molecule has 1 aromatic carbocycles. The highest BCUT2D eigenvalue weighted by Gasteiger charge is 2.12. The zero-order valence-electron chi connectivity index (χ0n) is 12.5. The van der Waals surface area contributed by atoms with Crippen molar-refractivity contribution in [1.82, 2.24) is 20.1 Å². The minimum absolute atomic E-state index is 0.208. The maximum absolute atomic E-state index is 14.0. The average molecular weight is 292 g/mol. The molecule has 1 aromatic heterocycles. The lowest BCUT2D eigenvalue weighted by Crippen LogP contribution is -2.14. The van der Waals surface area contributed by atoms with E-state index in [1.807, 2.05) is 13.0 Å². The zero-order chi connectivity index (χ0) is 15.1. The van der Waals surface area contributed by atoms with Crippen molar-refractivity contribution in [3.05, 3.63) is 41.7 Å². The number of halogens is 1. The van der Waals surface area contributed by atoms with Gasteiger partial charge >= 0.3 is 0 Å². The first-order valence-electron chi connectivity index (χ1n) is 7.23. The molecule has 0 amide bonds. The number of para-hydroxylation sites is 1. The first-order valence-corrected chi connectivity index (χ1v) is 7.23. The summed E-state index contributed by atoms with van der Waals surface area (Å²) in [6.07, 6.45) is 2.46. The van der Waals surface area contributed by atoms with Crippen molar-refractivity contribution < 1.29 is 9.13 Å². The Hall–Kier alpha value is -1.95. The van der Waals surface area contributed by atoms with Crippen molar-refractivity contribution in [2.45, 2.75) is 40.0 Å². The molecule has 0 saturated heterocycles. The molecule has 5 nitrogen and oxygen atoms in total. The van der Waals surface area contributed by atoms with Gasteiger partial charge in [0.25, 0.3) is 0 Å². The standard InChI is InChI=1S/C15H21FN4O/c1-3-8-20-14(18-11-19-20)10-21-15-12(9-17-4-2)6-5-7-13(15)16/h5-7,11,17H,3-4,8-10H2,1-2H3. The van der Waals surface area contributed by atoms with Crippen LogP contribution in [0.5, 0.6) is 5.75 Å². The molecule has 0 spiro atoms. The van der Waals surface area contributed by atoms with Gasteiger partial charge in [-0.1, -0.05) is 26.0 Å². The number of benzene rings is 1. The number of hydrogen-bond acceptors (Lipinski definition) is 4. The number of aryl methyl sites for hydroxylation is 1. The van der Waals surface area contributed by atoms with E-state index in [0.29, 0.717) is 12.4 Å². The van der Waals surface area contributed by atoms with Crippen molar-refractivity contribution in [2.75, 3.05) is 6.54 Å². The van der Waals surface area contributed by atoms with Gasteiger partial charge in [-0.05, 0) is 19.0 Å². The van der Waals surface area contributed by atoms with Gasteiger partial charge in [-0.2, -0.15) is 5.10 Å². The van der Waals surface area contributed by atoms with E-state index in [1.54, 1.807) is 10.7 Å². The second-order valence-electron chi connectivity index (χ2n) is 4.70. The fourth-order valence-electron chi connectivity index (χ4n) is 2.05. The smallest absolute Gasteiger partial charge is 0.165 e. The Labute approximate surface area is 124 Å². The van der Waals surface area contributed by atoms with Crippen LogP contribution in [-0.4, -0.2) is 21.3 Å². The molecule has 114 valence electrons. The molecule has 0 aliphatic carbocycles. The van der Waals surface area contributed by atoms with Crippen LogP contribution in [0.15, 0.2) is 24.5 Å². The minimum atomic E-state index is -0.355. The molecular formula is C15H21FN4O. The van der Waals surface area contributed by atoms with Crippen LogP contribution in [0, 0.1) is 5.82 Å². The van der Waals surface area contributed by atoms with Crippen LogP contribution >= 0.6 is 0 Å². The van der Waals surface area contributed by atoms with E-state index >= 15 is 0 Å². The summed E-state index contributed by atoms with van der Waals surface area (Å²) in [4.78, 5) is 4.16. The average Bonchev–Trinajstić information content (AvgIpc) is 2.92. The number of hydrogen-bond donors (Lipinski definition) is 1. The Balaban J connectivity index is 2.10. The Bertz CT molecular complexity index is 571. The summed E-state index contributed by atoms with van der Waals surface area (Å²) in [6.45, 7) is 6.46. The van der Waals surface area contributed by atoms with E-state index in [1.165, 1.54) is 12.4 Å². The van der Waals surface area contributed by atoms with Crippen LogP contribution in [0.2, 0.25) is 0 Å². The highest BCUT2D eigenvalue weighted by molar-refractivity contribution is 5.35. The molecule has 0 saturated carbocycles. The maximum Gasteiger partial charge on any atom is 0.165 e. The molecular weight excluding hydrogens is 271 g/mol. The van der Waals surface area contributed by atoms with Crippen molar-refractivity contribution in [3.63, 3.8) is 0 Å². The topological polar surface area (TPSA) is 52.0 Å². The van der Waals surface area contributed by atoms with Gasteiger partial charge < -0.3 is 10.1 Å². The molecule has 0 bridgehead atoms. The van der Waals surface area contributed by atoms with E-state index in [2.05, 4.69) is 22.3 Å². The molecule has 0 aliphatic rings. The quantitative estimate of drug-likeness (QED) is 0.812. The van der Waals surface area contributed by atoms with Gasteiger partial charge in [0.15, 0.2) is 17.4 Å². The lowest BCUT2D eigenvalue weighted by molar-refractivity contribution is 0.269. The molecule has 2 aromatic rings. The summed E-state index contributed by atoms with van der Waals surface area (Å²) < 4.78 is 21.4. The summed E-state index contributed by atoms with van der Waals surface area (Å²) in [5, 5.41) is 7.31. The highest BCUT2D eigenvalue weighted by Crippen LogP contribution is 2.23. The summed E-state index contributed by atoms with van der Waals surface area (Å²) >= 11 is 0. The molecule has 0 unspecified atom stereocenters. The molecule has 0 fully saturated rings. The monoisotopic (exact) mass is 292 g/mol. The number of nitrogens with zero attached hydrogens (tertiary/aromatic N) is 3. The number of ether oxygens (including phenoxy) is 1. The van der Waals surface area contributed by atoms with E-state index < -0.39 is 0 Å². The first kappa shape index (κ1) is 15.4. The maximum atomic E-state index is 14.0. The summed E-state index contributed by atoms with van der Waals surface area (Å²) in [5.41, 5.74) is 0.804. The minimum Gasteiger partial charge on any atom is -0.482 e. The molecule has 0 atom stereocenters. The fraction of sp³-hybridized carbons (Fsp3) is 0.467. The number of aromatic nitrogens is 3. The molecule has 21 heavy (non-hydrogen) atoms. The number of rotatable bonds is 8. The van der Waals surface area contributed by atoms with E-state index in [4.69, 9.17) is 4.74 Å². The summed E-state index contributed by atoms with van der Waals surface area (Å²) in [5.74, 6) is 0.631. The van der Waals surface area contributed by atoms with E-state index in [0.717, 1.165) is 25.1 Å². The SMILES string of the molecule is CCCn1ncnc1COc1c(F)cccc1CNCC. The lowest BCUT2D eigenvalue weighted by atomic mass is 10.2. The summed E-state index contributed by atoms with van der Waals surface area (Å²) in [6, 6.07) is 4.95. The van der Waals surface area contributed by atoms with Gasteiger partial charge in [-0.3, -0.25) is 0 Å². The Morgan fingerprint density at radius 3 is 2.95 bits per heavy atom. The molecule has 6 heteroatoms. The van der Waals surface area contributed by atoms with Crippen LogP contribution in [0.4, 0.5) is 4.39 Å². The largest absolute Gasteiger partial charge is 0.482 e. The van der Waals surface area contributed by atoms with Gasteiger partial charge in [0.2, 0.25) is 0 Å². The summed E-state index contributed by atoms with van der Waals surface area (Å²) in [7, 11) is 0. The second kappa shape index (κ2) is 7.73. The third kappa shape index (κ3) is 4.01. The Kier molecular flexibility index (Phi) is 5.68. The first-order chi connectivity index (χ1) is 10.3. The van der Waals surface area contributed by atoms with Crippen LogP contribution < -0.4 is 10.1 Å². The van der Waals surface area contributed by atoms with Crippen molar-refractivity contribution in [1.29, 1.82) is 0 Å². The van der Waals surface area contributed by atoms with Gasteiger partial charge in [-0.15, -0.1) is 0 Å². The zero-order valence-corrected chi connectivity index (χ0v) is 12.5. The van der Waals surface area contributed by atoms with Gasteiger partial charge in [-0.25, -0.2) is 14.1 Å². The van der Waals surface area contributed by atoms with Crippen LogP contribution in [0.25, 0.3) is 0 Å². The van der Waals surface area contributed by atoms with Crippen LogP contribution in [-0.2, 0) is 19.7 Å². The lowest BCUT2D eigenvalue weighted by Gasteiger charge is -2.13. The fourth-order valence-corrected chi connectivity index (χ4v) is 2.05. The molecule has 0 radical (unpaired) electrons. The predicted molar refractivity (Wildman–Crippen MR) is 78.4 cm³/mol. The van der Waals surface area contributed by atoms with Gasteiger partial charge in [0.1, 0.15) is 12.9 Å². The normalized spacial score (nSPS) is 10.8. The third-order valence-electron chi connectivity index (χ3n) is 3.09. The highest BCUT2D eigenvalue weighted by atomic mass is 19.1. The Morgan fingerprint density at radius 2 is 2.19 bits per heavy atom. The third-order valence-corrected chi connectivity index (χ3v) is 3.09. The van der Waals surface area contributed by atoms with Crippen molar-refractivity contribution >= 4 is 0 Å². The second-order valence-corrected chi connectivity index (χ2v) is 4.70. The molecule has 1 N–H and O–H groups in total. The van der Waals surface area contributed by atoms with Crippen LogP contribution in [0.1, 0.15) is 31.7 Å². The molecule has 2 rings (SSSR count). The number of nitrogens with one attached hydrogen (secondary N) is 1. The van der Waals surface area contributed by atoms with Gasteiger partial charge in [0, 0.05) is 18.7 Å². The predicted octanol–water partition coefficient (Wildman–Crippen LogP) is 2.52. The Morgan fingerprint density at radius 1 is 1.33 bits per heavy atom. The molecule has 1 heterocycles. The van der Waals surface area contributed by atoms with E-state index in [9.17, 15) is 4.39 Å². The van der Waals surface area contributed by atoms with Gasteiger partial charge in [0.05, 0.1) is 0 Å². The van der Waals surface area contributed by atoms with Crippen molar-refractivity contribution in [2.24, 2.45) is 0 Å². The van der Waals surface area contributed by atoms with Crippen molar-refractivity contribution in [3.8, 4) is 5.75 Å².